The van der Waals surface area contributed by atoms with Crippen molar-refractivity contribution in [3.8, 4) is 17.2 Å². The smallest absolute Gasteiger partial charge is 0.251 e. The van der Waals surface area contributed by atoms with E-state index in [1.165, 1.54) is 0 Å². The van der Waals surface area contributed by atoms with E-state index >= 15 is 0 Å². The van der Waals surface area contributed by atoms with Crippen molar-refractivity contribution in [2.75, 3.05) is 26.4 Å². The quantitative estimate of drug-likeness (QED) is 0.786. The number of para-hydroxylation sites is 1. The maximum Gasteiger partial charge on any atom is 0.251 e. The monoisotopic (exact) mass is 341 g/mol. The van der Waals surface area contributed by atoms with Crippen LogP contribution in [0.1, 0.15) is 29.3 Å². The van der Waals surface area contributed by atoms with Gasteiger partial charge in [0.1, 0.15) is 19.0 Å². The Morgan fingerprint density at radius 1 is 1.12 bits per heavy atom. The van der Waals surface area contributed by atoms with Crippen LogP contribution >= 0.6 is 0 Å². The minimum Gasteiger partial charge on any atom is -0.494 e. The largest absolute Gasteiger partial charge is 0.494 e. The first-order chi connectivity index (χ1) is 12.3. The van der Waals surface area contributed by atoms with Crippen LogP contribution in [0.5, 0.6) is 17.2 Å². The zero-order valence-electron chi connectivity index (χ0n) is 14.4. The predicted octanol–water partition coefficient (Wildman–Crippen LogP) is 3.22. The van der Waals surface area contributed by atoms with E-state index in [2.05, 4.69) is 11.4 Å². The first-order valence-corrected chi connectivity index (χ1v) is 8.66. The molecule has 5 nitrogen and oxygen atoms in total. The summed E-state index contributed by atoms with van der Waals surface area (Å²) in [4.78, 5) is 12.3. The molecule has 0 radical (unpaired) electrons. The zero-order valence-corrected chi connectivity index (χ0v) is 14.4. The molecule has 0 aromatic heterocycles. The molecule has 1 amide bonds. The highest BCUT2D eigenvalue weighted by molar-refractivity contribution is 5.94. The topological polar surface area (TPSA) is 56.8 Å². The Hall–Kier alpha value is -2.69. The van der Waals surface area contributed by atoms with Gasteiger partial charge < -0.3 is 19.5 Å². The molecule has 0 fully saturated rings. The van der Waals surface area contributed by atoms with Gasteiger partial charge >= 0.3 is 0 Å². The van der Waals surface area contributed by atoms with Crippen molar-refractivity contribution in [1.29, 1.82) is 0 Å². The number of hydrogen-bond acceptors (Lipinski definition) is 4. The first-order valence-electron chi connectivity index (χ1n) is 8.66. The summed E-state index contributed by atoms with van der Waals surface area (Å²) in [6.45, 7) is 4.29. The lowest BCUT2D eigenvalue weighted by Crippen LogP contribution is -2.25. The molecule has 2 aromatic rings. The van der Waals surface area contributed by atoms with E-state index in [0.29, 0.717) is 43.4 Å². The number of ether oxygens (including phenoxy) is 3. The van der Waals surface area contributed by atoms with Gasteiger partial charge in [-0.05, 0) is 49.6 Å². The van der Waals surface area contributed by atoms with Gasteiger partial charge in [0.15, 0.2) is 11.5 Å². The molecule has 132 valence electrons. The van der Waals surface area contributed by atoms with Gasteiger partial charge in [-0.1, -0.05) is 18.2 Å². The Kier molecular flexibility index (Phi) is 5.77. The van der Waals surface area contributed by atoms with Crippen molar-refractivity contribution in [1.82, 2.24) is 5.32 Å². The fourth-order valence-corrected chi connectivity index (χ4v) is 2.77. The second-order valence-electron chi connectivity index (χ2n) is 5.76. The highest BCUT2D eigenvalue weighted by Crippen LogP contribution is 2.30. The van der Waals surface area contributed by atoms with Crippen molar-refractivity contribution >= 4 is 5.91 Å². The Labute approximate surface area is 147 Å². The summed E-state index contributed by atoms with van der Waals surface area (Å²) in [5, 5.41) is 2.95. The van der Waals surface area contributed by atoms with Crippen LogP contribution in [0.25, 0.3) is 0 Å². The Bertz CT molecular complexity index is 729. The third-order valence-corrected chi connectivity index (χ3v) is 3.99. The molecular weight excluding hydrogens is 318 g/mol. The second-order valence-corrected chi connectivity index (χ2v) is 5.76. The van der Waals surface area contributed by atoms with Gasteiger partial charge in [0.2, 0.25) is 0 Å². The third kappa shape index (κ3) is 4.44. The van der Waals surface area contributed by atoms with E-state index in [-0.39, 0.29) is 5.91 Å². The van der Waals surface area contributed by atoms with Gasteiger partial charge in [0.25, 0.3) is 5.91 Å². The van der Waals surface area contributed by atoms with E-state index in [1.807, 2.05) is 25.1 Å². The average molecular weight is 341 g/mol. The Morgan fingerprint density at radius 2 is 1.92 bits per heavy atom. The molecule has 1 N–H and O–H groups in total. The normalized spacial score (nSPS) is 12.5. The van der Waals surface area contributed by atoms with Crippen molar-refractivity contribution in [2.24, 2.45) is 0 Å². The van der Waals surface area contributed by atoms with Crippen LogP contribution in [0.2, 0.25) is 0 Å². The summed E-state index contributed by atoms with van der Waals surface area (Å²) >= 11 is 0. The number of benzene rings is 2. The fourth-order valence-electron chi connectivity index (χ4n) is 2.77. The third-order valence-electron chi connectivity index (χ3n) is 3.99. The maximum atomic E-state index is 12.3. The van der Waals surface area contributed by atoms with Gasteiger partial charge in [-0.2, -0.15) is 0 Å². The molecule has 25 heavy (non-hydrogen) atoms. The lowest BCUT2D eigenvalue weighted by Gasteiger charge is -2.18. The average Bonchev–Trinajstić information content (AvgIpc) is 2.66. The van der Waals surface area contributed by atoms with E-state index in [1.54, 1.807) is 18.2 Å². The van der Waals surface area contributed by atoms with E-state index in [0.717, 1.165) is 24.2 Å². The van der Waals surface area contributed by atoms with Crippen LogP contribution < -0.4 is 19.5 Å². The summed E-state index contributed by atoms with van der Waals surface area (Å²) in [5.74, 6) is 2.14. The molecule has 0 unspecified atom stereocenters. The standard InChI is InChI=1S/C20H23NO4/c1-2-23-17-8-4-3-6-15(17)7-5-11-21-20(22)16-9-10-18-19(14-16)25-13-12-24-18/h3-4,6,8-10,14H,2,5,7,11-13H2,1H3,(H,21,22). The molecule has 1 aliphatic rings. The molecular formula is C20H23NO4. The molecule has 1 heterocycles. The minimum atomic E-state index is -0.102. The molecule has 0 aliphatic carbocycles. The summed E-state index contributed by atoms with van der Waals surface area (Å²) in [6.07, 6.45) is 1.71. The van der Waals surface area contributed by atoms with E-state index < -0.39 is 0 Å². The molecule has 5 heteroatoms. The van der Waals surface area contributed by atoms with Crippen LogP contribution in [0.3, 0.4) is 0 Å². The first kappa shape index (κ1) is 17.1. The van der Waals surface area contributed by atoms with Gasteiger partial charge in [0, 0.05) is 12.1 Å². The molecule has 1 aliphatic heterocycles. The molecule has 0 bridgehead atoms. The van der Waals surface area contributed by atoms with Gasteiger partial charge in [-0.15, -0.1) is 0 Å². The summed E-state index contributed by atoms with van der Waals surface area (Å²) in [5.41, 5.74) is 1.75. The number of amides is 1. The van der Waals surface area contributed by atoms with Crippen molar-refractivity contribution in [2.45, 2.75) is 19.8 Å². The lowest BCUT2D eigenvalue weighted by molar-refractivity contribution is 0.0952. The van der Waals surface area contributed by atoms with Crippen LogP contribution in [0.15, 0.2) is 42.5 Å². The number of aryl methyl sites for hydroxylation is 1. The van der Waals surface area contributed by atoms with Crippen LogP contribution in [0.4, 0.5) is 0 Å². The summed E-state index contributed by atoms with van der Waals surface area (Å²) < 4.78 is 16.6. The maximum absolute atomic E-state index is 12.3. The van der Waals surface area contributed by atoms with Gasteiger partial charge in [-0.25, -0.2) is 0 Å². The van der Waals surface area contributed by atoms with Crippen molar-refractivity contribution in [3.05, 3.63) is 53.6 Å². The van der Waals surface area contributed by atoms with E-state index in [4.69, 9.17) is 14.2 Å². The Morgan fingerprint density at radius 3 is 2.76 bits per heavy atom. The lowest BCUT2D eigenvalue weighted by atomic mass is 10.1. The van der Waals surface area contributed by atoms with Crippen molar-refractivity contribution < 1.29 is 19.0 Å². The number of nitrogens with one attached hydrogen (secondary N) is 1. The number of hydrogen-bond donors (Lipinski definition) is 1. The number of rotatable bonds is 7. The summed E-state index contributed by atoms with van der Waals surface area (Å²) in [7, 11) is 0. The zero-order chi connectivity index (χ0) is 17.5. The molecule has 2 aromatic carbocycles. The molecule has 0 atom stereocenters. The number of carbonyl (C=O) groups is 1. The van der Waals surface area contributed by atoms with Crippen LogP contribution in [0, 0.1) is 0 Å². The molecule has 0 spiro atoms. The summed E-state index contributed by atoms with van der Waals surface area (Å²) in [6, 6.07) is 13.3. The highest BCUT2D eigenvalue weighted by Gasteiger charge is 2.14. The van der Waals surface area contributed by atoms with E-state index in [9.17, 15) is 4.79 Å². The predicted molar refractivity (Wildman–Crippen MR) is 95.7 cm³/mol. The Balaban J connectivity index is 1.50. The second kappa shape index (κ2) is 8.42. The van der Waals surface area contributed by atoms with Crippen molar-refractivity contribution in [3.63, 3.8) is 0 Å². The van der Waals surface area contributed by atoms with Gasteiger partial charge in [-0.3, -0.25) is 4.79 Å². The number of fused-ring (bicyclic) bond motifs is 1. The van der Waals surface area contributed by atoms with Crippen LogP contribution in [-0.4, -0.2) is 32.3 Å². The van der Waals surface area contributed by atoms with Gasteiger partial charge in [0.05, 0.1) is 6.61 Å². The highest BCUT2D eigenvalue weighted by atomic mass is 16.6. The number of carbonyl (C=O) groups excluding carboxylic acids is 1. The minimum absolute atomic E-state index is 0.102. The fraction of sp³-hybridized carbons (Fsp3) is 0.350. The van der Waals surface area contributed by atoms with Crippen LogP contribution in [-0.2, 0) is 6.42 Å². The molecule has 0 saturated heterocycles. The molecule has 3 rings (SSSR count). The SMILES string of the molecule is CCOc1ccccc1CCCNC(=O)c1ccc2c(c1)OCCO2. The molecule has 0 saturated carbocycles.